The van der Waals surface area contributed by atoms with E-state index < -0.39 is 0 Å². The molecule has 0 aromatic carbocycles. The minimum absolute atomic E-state index is 0.147. The second-order valence-electron chi connectivity index (χ2n) is 6.67. The third-order valence-corrected chi connectivity index (χ3v) is 4.84. The van der Waals surface area contributed by atoms with Gasteiger partial charge in [0.15, 0.2) is 11.6 Å². The molecule has 5 rings (SSSR count). The molecule has 1 saturated carbocycles. The molecule has 10 nitrogen and oxygen atoms in total. The fraction of sp³-hybridized carbons (Fsp3) is 0.438. The summed E-state index contributed by atoms with van der Waals surface area (Å²) in [4.78, 5) is 22.0. The molecule has 0 unspecified atom stereocenters. The largest absolute Gasteiger partial charge is 0.463 e. The Labute approximate surface area is 147 Å². The van der Waals surface area contributed by atoms with E-state index in [-0.39, 0.29) is 25.5 Å². The summed E-state index contributed by atoms with van der Waals surface area (Å²) < 4.78 is 10.5. The minimum Gasteiger partial charge on any atom is -0.463 e. The van der Waals surface area contributed by atoms with Crippen molar-refractivity contribution in [2.45, 2.75) is 25.9 Å². The first-order valence-corrected chi connectivity index (χ1v) is 8.63. The van der Waals surface area contributed by atoms with E-state index >= 15 is 0 Å². The van der Waals surface area contributed by atoms with Crippen LogP contribution in [0.1, 0.15) is 24.3 Å². The fourth-order valence-electron chi connectivity index (χ4n) is 3.41. The Morgan fingerprint density at radius 3 is 2.92 bits per heavy atom. The number of nitrogens with two attached hydrogens (primary N) is 1. The normalized spacial score (nSPS) is 17.0. The van der Waals surface area contributed by atoms with Gasteiger partial charge in [0.05, 0.1) is 19.4 Å². The lowest BCUT2D eigenvalue weighted by atomic mass is 10.2. The molecule has 0 atom stereocenters. The molecular weight excluding hydrogens is 338 g/mol. The maximum atomic E-state index is 12.9. The van der Waals surface area contributed by atoms with Gasteiger partial charge in [0.2, 0.25) is 5.78 Å². The summed E-state index contributed by atoms with van der Waals surface area (Å²) in [5.41, 5.74) is 1.06. The summed E-state index contributed by atoms with van der Waals surface area (Å²) in [6, 6.07) is 3.61. The molecule has 1 fully saturated rings. The van der Waals surface area contributed by atoms with Gasteiger partial charge in [-0.2, -0.15) is 4.98 Å². The van der Waals surface area contributed by atoms with Crippen molar-refractivity contribution in [2.24, 2.45) is 16.8 Å². The van der Waals surface area contributed by atoms with E-state index in [1.807, 2.05) is 6.07 Å². The van der Waals surface area contributed by atoms with Crippen LogP contribution in [0, 0.1) is 5.92 Å². The predicted octanol–water partition coefficient (Wildman–Crippen LogP) is -0.219. The van der Waals surface area contributed by atoms with E-state index in [0.717, 1.165) is 12.8 Å². The topological polar surface area (TPSA) is 119 Å². The number of nitrogens with zero attached hydrogens (tertiary/aromatic N) is 6. The predicted molar refractivity (Wildman–Crippen MR) is 93.1 cm³/mol. The lowest BCUT2D eigenvalue weighted by Gasteiger charge is -2.21. The molecule has 1 aliphatic heterocycles. The molecular formula is C16H19N7O3. The van der Waals surface area contributed by atoms with Crippen LogP contribution in [0.25, 0.3) is 5.78 Å². The average molecular weight is 357 g/mol. The van der Waals surface area contributed by atoms with E-state index in [9.17, 15) is 9.90 Å². The van der Waals surface area contributed by atoms with Gasteiger partial charge < -0.3 is 9.52 Å². The van der Waals surface area contributed by atoms with Gasteiger partial charge in [0, 0.05) is 6.54 Å². The number of hydrazine groups is 1. The van der Waals surface area contributed by atoms with Crippen LogP contribution in [0.3, 0.4) is 0 Å². The Hall–Kier alpha value is -2.85. The molecule has 0 amide bonds. The molecule has 0 saturated heterocycles. The van der Waals surface area contributed by atoms with Gasteiger partial charge in [-0.3, -0.25) is 14.6 Å². The van der Waals surface area contributed by atoms with Crippen LogP contribution in [0.5, 0.6) is 0 Å². The molecule has 3 aromatic rings. The van der Waals surface area contributed by atoms with Crippen LogP contribution < -0.4 is 16.5 Å². The molecule has 0 bridgehead atoms. The maximum absolute atomic E-state index is 12.9. The first-order chi connectivity index (χ1) is 12.7. The highest BCUT2D eigenvalue weighted by atomic mass is 16.3. The number of aromatic nitrogens is 4. The standard InChI is InChI=1S/C16H19N7O3/c17-21-9-18-12(11-2-1-7-26-11)13-14(21)19-15-20(5-6-24)16(25)22(23(13)15)8-10-3-4-10/h1-2,7,10,24H,3-6,8-9,17H2. The first-order valence-electron chi connectivity index (χ1n) is 8.63. The number of imidazole rings is 1. The highest BCUT2D eigenvalue weighted by Gasteiger charge is 2.33. The molecule has 136 valence electrons. The quantitative estimate of drug-likeness (QED) is 0.610. The van der Waals surface area contributed by atoms with Crippen molar-refractivity contribution in [3.63, 3.8) is 0 Å². The SMILES string of the molecule is NN1CN=C(c2ccco2)c2c1nc1n(CCO)c(=O)n(CC3CC3)n21. The van der Waals surface area contributed by atoms with E-state index in [4.69, 9.17) is 10.3 Å². The van der Waals surface area contributed by atoms with Crippen LogP contribution >= 0.6 is 0 Å². The lowest BCUT2D eigenvalue weighted by Crippen LogP contribution is -2.37. The van der Waals surface area contributed by atoms with Crippen molar-refractivity contribution >= 4 is 17.3 Å². The molecule has 4 heterocycles. The Morgan fingerprint density at radius 2 is 2.23 bits per heavy atom. The summed E-state index contributed by atoms with van der Waals surface area (Å²) in [5, 5.41) is 10.8. The molecule has 10 heteroatoms. The molecule has 0 spiro atoms. The second kappa shape index (κ2) is 5.58. The molecule has 2 aliphatic rings. The van der Waals surface area contributed by atoms with Crippen molar-refractivity contribution in [3.05, 3.63) is 40.3 Å². The zero-order valence-corrected chi connectivity index (χ0v) is 14.1. The Balaban J connectivity index is 1.81. The fourth-order valence-corrected chi connectivity index (χ4v) is 3.41. The average Bonchev–Trinajstić information content (AvgIpc) is 3.05. The zero-order valence-electron chi connectivity index (χ0n) is 14.1. The number of aliphatic imine (C=N–C) groups is 1. The van der Waals surface area contributed by atoms with Gasteiger partial charge in [-0.05, 0) is 30.9 Å². The number of fused-ring (bicyclic) bond motifs is 3. The summed E-state index contributed by atoms with van der Waals surface area (Å²) in [5.74, 6) is 8.16. The van der Waals surface area contributed by atoms with Gasteiger partial charge in [-0.25, -0.2) is 19.8 Å². The number of hydrogen-bond acceptors (Lipinski definition) is 7. The van der Waals surface area contributed by atoms with Gasteiger partial charge in [-0.15, -0.1) is 0 Å². The first kappa shape index (κ1) is 15.4. The highest BCUT2D eigenvalue weighted by molar-refractivity contribution is 6.14. The van der Waals surface area contributed by atoms with Crippen LogP contribution in [0.15, 0.2) is 32.6 Å². The van der Waals surface area contributed by atoms with Crippen molar-refractivity contribution < 1.29 is 9.52 Å². The van der Waals surface area contributed by atoms with Crippen LogP contribution in [0.2, 0.25) is 0 Å². The molecule has 26 heavy (non-hydrogen) atoms. The number of anilines is 1. The number of hydrogen-bond donors (Lipinski definition) is 2. The van der Waals surface area contributed by atoms with Gasteiger partial charge in [0.1, 0.15) is 18.1 Å². The van der Waals surface area contributed by atoms with Crippen molar-refractivity contribution in [1.82, 2.24) is 18.7 Å². The third-order valence-electron chi connectivity index (χ3n) is 4.84. The zero-order chi connectivity index (χ0) is 17.8. The van der Waals surface area contributed by atoms with Gasteiger partial charge in [-0.1, -0.05) is 0 Å². The molecule has 3 N–H and O–H groups in total. The monoisotopic (exact) mass is 357 g/mol. The summed E-state index contributed by atoms with van der Waals surface area (Å²) in [6.45, 7) is 0.877. The van der Waals surface area contributed by atoms with Crippen LogP contribution in [0.4, 0.5) is 5.82 Å². The number of rotatable bonds is 5. The Bertz CT molecular complexity index is 1050. The lowest BCUT2D eigenvalue weighted by molar-refractivity contribution is 0.275. The van der Waals surface area contributed by atoms with E-state index in [1.165, 1.54) is 9.58 Å². The highest BCUT2D eigenvalue weighted by Crippen LogP contribution is 2.32. The molecule has 3 aromatic heterocycles. The Kier molecular flexibility index (Phi) is 3.31. The summed E-state index contributed by atoms with van der Waals surface area (Å²) >= 11 is 0. The van der Waals surface area contributed by atoms with E-state index in [0.29, 0.717) is 41.2 Å². The Morgan fingerprint density at radius 1 is 1.38 bits per heavy atom. The molecule has 1 aliphatic carbocycles. The van der Waals surface area contributed by atoms with Crippen LogP contribution in [-0.2, 0) is 13.1 Å². The number of aliphatic hydroxyl groups excluding tert-OH is 1. The van der Waals surface area contributed by atoms with Gasteiger partial charge in [0.25, 0.3) is 0 Å². The van der Waals surface area contributed by atoms with Gasteiger partial charge >= 0.3 is 5.69 Å². The van der Waals surface area contributed by atoms with Crippen molar-refractivity contribution in [3.8, 4) is 0 Å². The number of furan rings is 1. The summed E-state index contributed by atoms with van der Waals surface area (Å²) in [6.07, 6.45) is 3.80. The molecule has 0 radical (unpaired) electrons. The minimum atomic E-state index is -0.191. The van der Waals surface area contributed by atoms with E-state index in [1.54, 1.807) is 21.5 Å². The second-order valence-corrected chi connectivity index (χ2v) is 6.67. The van der Waals surface area contributed by atoms with Crippen molar-refractivity contribution in [1.29, 1.82) is 0 Å². The third kappa shape index (κ3) is 2.15. The smallest absolute Gasteiger partial charge is 0.346 e. The number of aliphatic hydroxyl groups is 1. The summed E-state index contributed by atoms with van der Waals surface area (Å²) in [7, 11) is 0. The maximum Gasteiger partial charge on any atom is 0.346 e. The van der Waals surface area contributed by atoms with E-state index in [2.05, 4.69) is 9.98 Å². The van der Waals surface area contributed by atoms with Crippen molar-refractivity contribution in [2.75, 3.05) is 18.3 Å². The van der Waals surface area contributed by atoms with Crippen LogP contribution in [-0.4, -0.2) is 42.8 Å².